The summed E-state index contributed by atoms with van der Waals surface area (Å²) in [6.45, 7) is 2.38. The standard InChI is InChI=1S/C15H16N4O3/c1-2-22-10-6-4-3-5-8(10)9-7-11(20)17-13-12(9)14(21)19-15(16)18-13/h3-6,9H,2,7H2,1H3,(H4,16,17,18,19,20,21)/t9-/m0/s1. The molecule has 22 heavy (non-hydrogen) atoms. The summed E-state index contributed by atoms with van der Waals surface area (Å²) >= 11 is 0. The van der Waals surface area contributed by atoms with Crippen LogP contribution in [-0.4, -0.2) is 22.5 Å². The molecule has 0 spiro atoms. The van der Waals surface area contributed by atoms with Gasteiger partial charge in [0.25, 0.3) is 5.56 Å². The summed E-state index contributed by atoms with van der Waals surface area (Å²) in [5, 5.41) is 2.60. The molecule has 4 N–H and O–H groups in total. The number of hydrogen-bond donors (Lipinski definition) is 3. The predicted octanol–water partition coefficient (Wildman–Crippen LogP) is 1.22. The van der Waals surface area contributed by atoms with Gasteiger partial charge < -0.3 is 15.8 Å². The van der Waals surface area contributed by atoms with Crippen molar-refractivity contribution >= 4 is 17.7 Å². The van der Waals surface area contributed by atoms with Crippen LogP contribution in [0.3, 0.4) is 0 Å². The summed E-state index contributed by atoms with van der Waals surface area (Å²) in [7, 11) is 0. The Bertz CT molecular complexity index is 785. The summed E-state index contributed by atoms with van der Waals surface area (Å²) in [4.78, 5) is 30.7. The SMILES string of the molecule is CCOc1ccccc1[C@@H]1CC(=O)Nc2nc(N)[nH]c(=O)c21. The van der Waals surface area contributed by atoms with Crippen LogP contribution in [0.5, 0.6) is 5.75 Å². The lowest BCUT2D eigenvalue weighted by atomic mass is 9.86. The molecule has 0 saturated carbocycles. The quantitative estimate of drug-likeness (QED) is 0.789. The Balaban J connectivity index is 2.18. The molecule has 0 bridgehead atoms. The number of hydrogen-bond acceptors (Lipinski definition) is 5. The van der Waals surface area contributed by atoms with E-state index in [0.717, 1.165) is 5.56 Å². The third-order valence-electron chi connectivity index (χ3n) is 3.56. The van der Waals surface area contributed by atoms with Gasteiger partial charge in [-0.3, -0.25) is 14.6 Å². The molecule has 0 radical (unpaired) electrons. The number of para-hydroxylation sites is 1. The van der Waals surface area contributed by atoms with Gasteiger partial charge in [0.2, 0.25) is 11.9 Å². The number of carbonyl (C=O) groups excluding carboxylic acids is 1. The summed E-state index contributed by atoms with van der Waals surface area (Å²) in [5.74, 6) is 0.230. The van der Waals surface area contributed by atoms with E-state index in [2.05, 4.69) is 15.3 Å². The predicted molar refractivity (Wildman–Crippen MR) is 82.0 cm³/mol. The van der Waals surface area contributed by atoms with Gasteiger partial charge in [-0.25, -0.2) is 0 Å². The van der Waals surface area contributed by atoms with Crippen LogP contribution in [0, 0.1) is 0 Å². The van der Waals surface area contributed by atoms with Crippen molar-refractivity contribution < 1.29 is 9.53 Å². The summed E-state index contributed by atoms with van der Waals surface area (Å²) in [5.41, 5.74) is 6.39. The monoisotopic (exact) mass is 300 g/mol. The van der Waals surface area contributed by atoms with E-state index in [0.29, 0.717) is 17.9 Å². The van der Waals surface area contributed by atoms with Crippen molar-refractivity contribution in [3.63, 3.8) is 0 Å². The molecule has 0 saturated heterocycles. The van der Waals surface area contributed by atoms with Crippen molar-refractivity contribution in [3.05, 3.63) is 45.7 Å². The van der Waals surface area contributed by atoms with Crippen LogP contribution >= 0.6 is 0 Å². The molecule has 7 heteroatoms. The van der Waals surface area contributed by atoms with Crippen LogP contribution in [-0.2, 0) is 4.79 Å². The van der Waals surface area contributed by atoms with E-state index in [1.165, 1.54) is 0 Å². The van der Waals surface area contributed by atoms with E-state index >= 15 is 0 Å². The molecule has 0 unspecified atom stereocenters. The number of ether oxygens (including phenoxy) is 1. The number of aromatic amines is 1. The second-order valence-corrected chi connectivity index (χ2v) is 4.99. The lowest BCUT2D eigenvalue weighted by molar-refractivity contribution is -0.116. The molecule has 0 fully saturated rings. The van der Waals surface area contributed by atoms with Crippen molar-refractivity contribution in [1.82, 2.24) is 9.97 Å². The first-order valence-electron chi connectivity index (χ1n) is 7.01. The maximum atomic E-state index is 12.3. The number of H-pyrrole nitrogens is 1. The number of benzene rings is 1. The van der Waals surface area contributed by atoms with E-state index < -0.39 is 5.92 Å². The minimum absolute atomic E-state index is 0.0252. The first-order chi connectivity index (χ1) is 10.6. The maximum absolute atomic E-state index is 12.3. The summed E-state index contributed by atoms with van der Waals surface area (Å²) in [6, 6.07) is 7.38. The largest absolute Gasteiger partial charge is 0.494 e. The van der Waals surface area contributed by atoms with Crippen LogP contribution in [0.15, 0.2) is 29.1 Å². The maximum Gasteiger partial charge on any atom is 0.258 e. The van der Waals surface area contributed by atoms with E-state index in [-0.39, 0.29) is 29.7 Å². The fourth-order valence-corrected chi connectivity index (χ4v) is 2.71. The lowest BCUT2D eigenvalue weighted by Crippen LogP contribution is -2.31. The van der Waals surface area contributed by atoms with Crippen molar-refractivity contribution in [2.75, 3.05) is 17.7 Å². The number of nitrogen functional groups attached to an aromatic ring is 1. The fraction of sp³-hybridized carbons (Fsp3) is 0.267. The van der Waals surface area contributed by atoms with Crippen molar-refractivity contribution in [2.45, 2.75) is 19.3 Å². The van der Waals surface area contributed by atoms with E-state index in [9.17, 15) is 9.59 Å². The molecule has 1 amide bonds. The van der Waals surface area contributed by atoms with E-state index in [1.54, 1.807) is 0 Å². The van der Waals surface area contributed by atoms with Crippen LogP contribution in [0.1, 0.15) is 30.4 Å². The summed E-state index contributed by atoms with van der Waals surface area (Å²) in [6.07, 6.45) is 0.158. The number of aromatic nitrogens is 2. The third kappa shape index (κ3) is 2.41. The first-order valence-corrected chi connectivity index (χ1v) is 7.01. The fourth-order valence-electron chi connectivity index (χ4n) is 2.71. The molecule has 114 valence electrons. The van der Waals surface area contributed by atoms with Crippen molar-refractivity contribution in [1.29, 1.82) is 0 Å². The van der Waals surface area contributed by atoms with Gasteiger partial charge in [-0.15, -0.1) is 0 Å². The highest BCUT2D eigenvalue weighted by Crippen LogP contribution is 2.38. The minimum Gasteiger partial charge on any atom is -0.494 e. The van der Waals surface area contributed by atoms with E-state index in [4.69, 9.17) is 10.5 Å². The van der Waals surface area contributed by atoms with Gasteiger partial charge in [-0.05, 0) is 13.0 Å². The van der Waals surface area contributed by atoms with Crippen molar-refractivity contribution in [3.8, 4) is 5.75 Å². The van der Waals surface area contributed by atoms with Crippen molar-refractivity contribution in [2.24, 2.45) is 0 Å². The second kappa shape index (κ2) is 5.51. The molecule has 1 aliphatic rings. The zero-order chi connectivity index (χ0) is 15.7. The molecule has 0 aliphatic carbocycles. The number of carbonyl (C=O) groups is 1. The van der Waals surface area contributed by atoms with Gasteiger partial charge in [0.15, 0.2) is 0 Å². The number of nitrogens with two attached hydrogens (primary N) is 1. The number of anilines is 2. The third-order valence-corrected chi connectivity index (χ3v) is 3.56. The molecule has 1 aromatic carbocycles. The van der Waals surface area contributed by atoms with Crippen LogP contribution in [0.4, 0.5) is 11.8 Å². The van der Waals surface area contributed by atoms with Gasteiger partial charge >= 0.3 is 0 Å². The van der Waals surface area contributed by atoms with Gasteiger partial charge in [-0.1, -0.05) is 18.2 Å². The average molecular weight is 300 g/mol. The normalized spacial score (nSPS) is 16.8. The zero-order valence-electron chi connectivity index (χ0n) is 12.1. The molecule has 7 nitrogen and oxygen atoms in total. The van der Waals surface area contributed by atoms with Gasteiger partial charge in [-0.2, -0.15) is 4.98 Å². The Morgan fingerprint density at radius 1 is 1.36 bits per heavy atom. The Morgan fingerprint density at radius 2 is 2.14 bits per heavy atom. The highest BCUT2D eigenvalue weighted by atomic mass is 16.5. The zero-order valence-corrected chi connectivity index (χ0v) is 12.1. The summed E-state index contributed by atoms with van der Waals surface area (Å²) < 4.78 is 5.62. The Labute approximate surface area is 126 Å². The van der Waals surface area contributed by atoms with Gasteiger partial charge in [0.1, 0.15) is 11.6 Å². The van der Waals surface area contributed by atoms with E-state index in [1.807, 2.05) is 31.2 Å². The topological polar surface area (TPSA) is 110 Å². The Kier molecular flexibility index (Phi) is 3.54. The molecule has 2 heterocycles. The van der Waals surface area contributed by atoms with Gasteiger partial charge in [0.05, 0.1) is 12.2 Å². The number of nitrogens with zero attached hydrogens (tertiary/aromatic N) is 1. The number of nitrogens with one attached hydrogen (secondary N) is 2. The van der Waals surface area contributed by atoms with Crippen LogP contribution < -0.4 is 21.3 Å². The first kappa shape index (κ1) is 14.1. The van der Waals surface area contributed by atoms with Gasteiger partial charge in [0, 0.05) is 17.9 Å². The molecular formula is C15H16N4O3. The molecule has 3 rings (SSSR count). The number of rotatable bonds is 3. The minimum atomic E-state index is -0.414. The Morgan fingerprint density at radius 3 is 2.91 bits per heavy atom. The second-order valence-electron chi connectivity index (χ2n) is 4.99. The lowest BCUT2D eigenvalue weighted by Gasteiger charge is -2.25. The average Bonchev–Trinajstić information content (AvgIpc) is 2.46. The molecule has 2 aromatic rings. The molecule has 1 atom stereocenters. The number of fused-ring (bicyclic) bond motifs is 1. The Hall–Kier alpha value is -2.83. The van der Waals surface area contributed by atoms with Crippen LogP contribution in [0.2, 0.25) is 0 Å². The smallest absolute Gasteiger partial charge is 0.258 e. The molecular weight excluding hydrogens is 284 g/mol. The van der Waals surface area contributed by atoms with Crippen LogP contribution in [0.25, 0.3) is 0 Å². The number of amides is 1. The molecule has 1 aliphatic heterocycles. The molecule has 1 aromatic heterocycles. The highest BCUT2D eigenvalue weighted by molar-refractivity contribution is 5.94. The highest BCUT2D eigenvalue weighted by Gasteiger charge is 2.32.